The molecule has 32 heavy (non-hydrogen) atoms. The molecule has 0 saturated carbocycles. The van der Waals surface area contributed by atoms with E-state index in [1.165, 1.54) is 11.9 Å². The Hall–Kier alpha value is -2.70. The second-order valence-corrected chi connectivity index (χ2v) is 7.29. The van der Waals surface area contributed by atoms with E-state index < -0.39 is 48.3 Å². The van der Waals surface area contributed by atoms with Gasteiger partial charge in [-0.1, -0.05) is 0 Å². The monoisotopic (exact) mass is 471 g/mol. The van der Waals surface area contributed by atoms with E-state index >= 15 is 0 Å². The number of alkyl carbamates (subject to hydrolysis) is 1. The molecule has 0 radical (unpaired) electrons. The van der Waals surface area contributed by atoms with E-state index in [1.54, 1.807) is 0 Å². The third-order valence-corrected chi connectivity index (χ3v) is 4.76. The van der Waals surface area contributed by atoms with E-state index in [1.807, 2.05) is 0 Å². The summed E-state index contributed by atoms with van der Waals surface area (Å²) >= 11 is 0. The number of halogens is 6. The molecule has 0 atom stereocenters. The van der Waals surface area contributed by atoms with Crippen molar-refractivity contribution in [1.82, 2.24) is 15.1 Å². The Morgan fingerprint density at radius 2 is 1.62 bits per heavy atom. The van der Waals surface area contributed by atoms with Crippen LogP contribution in [0, 0.1) is 0 Å². The Labute approximate surface area is 179 Å². The number of hydrogen-bond donors (Lipinski definition) is 2. The molecule has 1 aliphatic heterocycles. The smallest absolute Gasteiger partial charge is 0.416 e. The number of nitrogens with one attached hydrogen (secondary N) is 1. The lowest BCUT2D eigenvalue weighted by molar-refractivity contribution is -0.143. The number of carbonyl (C=O) groups excluding carboxylic acids is 2. The van der Waals surface area contributed by atoms with E-state index in [-0.39, 0.29) is 37.9 Å². The van der Waals surface area contributed by atoms with Gasteiger partial charge in [-0.05, 0) is 23.8 Å². The quantitative estimate of drug-likeness (QED) is 0.645. The molecule has 1 saturated heterocycles. The van der Waals surface area contributed by atoms with Gasteiger partial charge in [-0.15, -0.1) is 0 Å². The molecule has 0 spiro atoms. The molecule has 0 unspecified atom stereocenters. The molecule has 2 rings (SSSR count). The number of rotatable bonds is 5. The zero-order chi connectivity index (χ0) is 24.1. The third kappa shape index (κ3) is 7.18. The van der Waals surface area contributed by atoms with Crippen LogP contribution in [0.3, 0.4) is 0 Å². The van der Waals surface area contributed by atoms with E-state index in [4.69, 9.17) is 9.84 Å². The van der Waals surface area contributed by atoms with Gasteiger partial charge in [-0.2, -0.15) is 26.3 Å². The Morgan fingerprint density at radius 1 is 1.09 bits per heavy atom. The minimum absolute atomic E-state index is 0.0343. The lowest BCUT2D eigenvalue weighted by Gasteiger charge is -2.34. The van der Waals surface area contributed by atoms with Crippen molar-refractivity contribution >= 4 is 12.1 Å². The fraction of sp³-hybridized carbons (Fsp3) is 0.579. The van der Waals surface area contributed by atoms with E-state index in [0.717, 1.165) is 4.90 Å². The fourth-order valence-electron chi connectivity index (χ4n) is 3.21. The van der Waals surface area contributed by atoms with Gasteiger partial charge in [-0.3, -0.25) is 0 Å². The highest BCUT2D eigenvalue weighted by molar-refractivity contribution is 5.74. The topological polar surface area (TPSA) is 82.1 Å². The van der Waals surface area contributed by atoms with Crippen LogP contribution in [-0.4, -0.2) is 66.4 Å². The average molecular weight is 471 g/mol. The van der Waals surface area contributed by atoms with Gasteiger partial charge in [0.2, 0.25) is 0 Å². The summed E-state index contributed by atoms with van der Waals surface area (Å²) in [5.41, 5.74) is -3.19. The van der Waals surface area contributed by atoms with Crippen LogP contribution in [0.1, 0.15) is 29.5 Å². The van der Waals surface area contributed by atoms with Crippen molar-refractivity contribution in [2.45, 2.75) is 37.8 Å². The molecular weight excluding hydrogens is 448 g/mol. The summed E-state index contributed by atoms with van der Waals surface area (Å²) in [5, 5.41) is 11.0. The number of benzene rings is 1. The normalized spacial score (nSPS) is 15.4. The molecule has 13 heteroatoms. The zero-order valence-corrected chi connectivity index (χ0v) is 17.1. The Morgan fingerprint density at radius 3 is 2.09 bits per heavy atom. The van der Waals surface area contributed by atoms with Crippen LogP contribution in [0.25, 0.3) is 0 Å². The molecule has 3 amide bonds. The maximum atomic E-state index is 13.0. The summed E-state index contributed by atoms with van der Waals surface area (Å²) in [6.45, 7) is -0.280. The van der Waals surface area contributed by atoms with E-state index in [2.05, 4.69) is 5.32 Å². The second-order valence-electron chi connectivity index (χ2n) is 7.29. The van der Waals surface area contributed by atoms with Crippen LogP contribution < -0.4 is 5.32 Å². The number of amides is 3. The minimum atomic E-state index is -4.97. The highest BCUT2D eigenvalue weighted by Gasteiger charge is 2.37. The molecule has 0 aromatic heterocycles. The molecule has 0 aliphatic carbocycles. The van der Waals surface area contributed by atoms with Gasteiger partial charge in [-0.25, -0.2) is 9.59 Å². The summed E-state index contributed by atoms with van der Waals surface area (Å²) in [6, 6.07) is 0.639. The number of likely N-dealkylation sites (tertiary alicyclic amines) is 1. The summed E-state index contributed by atoms with van der Waals surface area (Å²) in [5.74, 6) is 0. The number of hydrogen-bond acceptors (Lipinski definition) is 4. The zero-order valence-electron chi connectivity index (χ0n) is 17.1. The number of piperidine rings is 1. The van der Waals surface area contributed by atoms with Gasteiger partial charge < -0.3 is 25.0 Å². The van der Waals surface area contributed by atoms with Crippen LogP contribution in [0.2, 0.25) is 0 Å². The molecule has 0 bridgehead atoms. The van der Waals surface area contributed by atoms with Crippen molar-refractivity contribution in [3.05, 3.63) is 34.9 Å². The predicted octanol–water partition coefficient (Wildman–Crippen LogP) is 3.46. The average Bonchev–Trinajstić information content (AvgIpc) is 2.70. The van der Waals surface area contributed by atoms with Crippen LogP contribution in [-0.2, 0) is 23.6 Å². The molecule has 1 heterocycles. The molecule has 1 aromatic rings. The van der Waals surface area contributed by atoms with Crippen LogP contribution >= 0.6 is 0 Å². The first-order chi connectivity index (χ1) is 14.8. The van der Waals surface area contributed by atoms with Crippen molar-refractivity contribution < 1.29 is 45.8 Å². The second kappa shape index (κ2) is 10.3. The number of carbonyl (C=O) groups is 2. The molecule has 2 N–H and O–H groups in total. The van der Waals surface area contributed by atoms with Crippen molar-refractivity contribution in [3.63, 3.8) is 0 Å². The van der Waals surface area contributed by atoms with Gasteiger partial charge in [0.25, 0.3) is 0 Å². The van der Waals surface area contributed by atoms with Crippen molar-refractivity contribution in [2.75, 3.05) is 33.3 Å². The first-order valence-corrected chi connectivity index (χ1v) is 9.65. The number of aliphatic hydroxyl groups is 1. The first kappa shape index (κ1) is 25.6. The first-order valence-electron chi connectivity index (χ1n) is 9.65. The maximum absolute atomic E-state index is 13.0. The third-order valence-electron chi connectivity index (χ3n) is 4.76. The van der Waals surface area contributed by atoms with Crippen LogP contribution in [0.15, 0.2) is 18.2 Å². The number of ether oxygens (including phenoxy) is 1. The number of aliphatic hydroxyl groups excluding tert-OH is 1. The van der Waals surface area contributed by atoms with Crippen molar-refractivity contribution in [2.24, 2.45) is 0 Å². The lowest BCUT2D eigenvalue weighted by atomic mass is 10.0. The summed E-state index contributed by atoms with van der Waals surface area (Å²) < 4.78 is 83.2. The largest absolute Gasteiger partial charge is 0.446 e. The fourth-order valence-corrected chi connectivity index (χ4v) is 3.21. The molecule has 1 fully saturated rings. The highest BCUT2D eigenvalue weighted by Crippen LogP contribution is 2.36. The van der Waals surface area contributed by atoms with Gasteiger partial charge in [0, 0.05) is 46.1 Å². The Kier molecular flexibility index (Phi) is 8.21. The molecule has 7 nitrogen and oxygen atoms in total. The highest BCUT2D eigenvalue weighted by atomic mass is 19.4. The Bertz CT molecular complexity index is 775. The van der Waals surface area contributed by atoms with Gasteiger partial charge in [0.05, 0.1) is 17.7 Å². The standard InChI is InChI=1S/C19H23F6N3O4/c1-27(11-12-8-13(18(20,21)22)10-14(9-12)19(23,24)25)17(31)28-5-2-15(3-6-28)32-16(30)26-4-7-29/h8-10,15,29H,2-7,11H2,1H3,(H,26,30). The predicted molar refractivity (Wildman–Crippen MR) is 99.5 cm³/mol. The minimum Gasteiger partial charge on any atom is -0.446 e. The van der Waals surface area contributed by atoms with Crippen LogP contribution in [0.4, 0.5) is 35.9 Å². The van der Waals surface area contributed by atoms with Crippen molar-refractivity contribution in [3.8, 4) is 0 Å². The van der Waals surface area contributed by atoms with Gasteiger partial charge >= 0.3 is 24.5 Å². The van der Waals surface area contributed by atoms with E-state index in [9.17, 15) is 35.9 Å². The molecular formula is C19H23F6N3O4. The van der Waals surface area contributed by atoms with Gasteiger partial charge in [0.1, 0.15) is 6.10 Å². The number of alkyl halides is 6. The Balaban J connectivity index is 2.00. The maximum Gasteiger partial charge on any atom is 0.416 e. The summed E-state index contributed by atoms with van der Waals surface area (Å²) in [7, 11) is 1.28. The SMILES string of the molecule is CN(Cc1cc(C(F)(F)F)cc(C(F)(F)F)c1)C(=O)N1CCC(OC(=O)NCCO)CC1. The van der Waals surface area contributed by atoms with E-state index in [0.29, 0.717) is 25.0 Å². The number of urea groups is 1. The molecule has 180 valence electrons. The van der Waals surface area contributed by atoms with Crippen molar-refractivity contribution in [1.29, 1.82) is 0 Å². The molecule has 1 aliphatic rings. The lowest BCUT2D eigenvalue weighted by Crippen LogP contribution is -2.47. The summed E-state index contributed by atoms with van der Waals surface area (Å²) in [4.78, 5) is 26.5. The molecule has 1 aromatic carbocycles. The van der Waals surface area contributed by atoms with Crippen LogP contribution in [0.5, 0.6) is 0 Å². The number of nitrogens with zero attached hydrogens (tertiary/aromatic N) is 2. The summed E-state index contributed by atoms with van der Waals surface area (Å²) in [6.07, 6.45) is -10.5. The van der Waals surface area contributed by atoms with Gasteiger partial charge in [0.15, 0.2) is 0 Å².